The Hall–Kier alpha value is -2.01. The van der Waals surface area contributed by atoms with Gasteiger partial charge in [0.25, 0.3) is 0 Å². The van der Waals surface area contributed by atoms with Gasteiger partial charge in [0.15, 0.2) is 23.2 Å². The number of imidazole rings is 1. The normalized spacial score (nSPS) is 24.8. The van der Waals surface area contributed by atoms with Crippen molar-refractivity contribution in [2.45, 2.75) is 31.1 Å². The highest BCUT2D eigenvalue weighted by Gasteiger charge is 2.44. The first-order valence-electron chi connectivity index (χ1n) is 8.47. The third-order valence-electron chi connectivity index (χ3n) is 4.59. The maximum absolute atomic E-state index is 10.2. The van der Waals surface area contributed by atoms with Crippen LogP contribution in [0.3, 0.4) is 0 Å². The molecule has 28 heavy (non-hydrogen) atoms. The first-order chi connectivity index (χ1) is 13.5. The topological polar surface area (TPSA) is 126 Å². The summed E-state index contributed by atoms with van der Waals surface area (Å²) in [5, 5.41) is 33.6. The molecule has 0 amide bonds. The molecule has 1 aromatic carbocycles. The van der Waals surface area contributed by atoms with Crippen molar-refractivity contribution in [3.05, 3.63) is 46.5 Å². The minimum absolute atomic E-state index is 0.410. The lowest BCUT2D eigenvalue weighted by molar-refractivity contribution is -0.0511. The fourth-order valence-electron chi connectivity index (χ4n) is 3.11. The van der Waals surface area contributed by atoms with Crippen molar-refractivity contribution in [2.75, 3.05) is 11.9 Å². The zero-order chi connectivity index (χ0) is 19.8. The van der Waals surface area contributed by atoms with E-state index in [1.165, 1.54) is 17.2 Å². The van der Waals surface area contributed by atoms with E-state index in [-0.39, 0.29) is 0 Å². The molecule has 3 heterocycles. The average Bonchev–Trinajstić information content (AvgIpc) is 3.24. The van der Waals surface area contributed by atoms with Gasteiger partial charge in [-0.25, -0.2) is 15.0 Å². The number of aromatic nitrogens is 4. The van der Waals surface area contributed by atoms with Crippen molar-refractivity contribution in [1.29, 1.82) is 0 Å². The Labute approximate surface area is 169 Å². The number of anilines is 1. The molecular formula is C17H17Cl2N5O4. The molecule has 0 bridgehead atoms. The minimum Gasteiger partial charge on any atom is -0.394 e. The van der Waals surface area contributed by atoms with E-state index in [2.05, 4.69) is 20.3 Å². The van der Waals surface area contributed by atoms with Gasteiger partial charge >= 0.3 is 0 Å². The molecule has 4 N–H and O–H groups in total. The zero-order valence-electron chi connectivity index (χ0n) is 14.4. The largest absolute Gasteiger partial charge is 0.394 e. The Morgan fingerprint density at radius 2 is 1.93 bits per heavy atom. The predicted octanol–water partition coefficient (Wildman–Crippen LogP) is 1.36. The third kappa shape index (κ3) is 3.41. The molecule has 0 radical (unpaired) electrons. The maximum Gasteiger partial charge on any atom is 0.167 e. The van der Waals surface area contributed by atoms with Gasteiger partial charge in [0.1, 0.15) is 24.6 Å². The zero-order valence-corrected chi connectivity index (χ0v) is 15.9. The lowest BCUT2D eigenvalue weighted by atomic mass is 10.1. The van der Waals surface area contributed by atoms with E-state index >= 15 is 0 Å². The molecule has 11 heteroatoms. The fourth-order valence-corrected chi connectivity index (χ4v) is 3.43. The summed E-state index contributed by atoms with van der Waals surface area (Å²) >= 11 is 12.0. The molecule has 9 nitrogen and oxygen atoms in total. The summed E-state index contributed by atoms with van der Waals surface area (Å²) in [6.45, 7) is 0.0243. The van der Waals surface area contributed by atoms with Crippen LogP contribution in [-0.2, 0) is 11.3 Å². The number of nitrogens with zero attached hydrogens (tertiary/aromatic N) is 4. The van der Waals surface area contributed by atoms with E-state index in [9.17, 15) is 15.3 Å². The van der Waals surface area contributed by atoms with Crippen LogP contribution in [-0.4, -0.2) is 59.8 Å². The number of hydrogen-bond donors (Lipinski definition) is 4. The minimum atomic E-state index is -1.22. The maximum atomic E-state index is 10.2. The molecule has 1 fully saturated rings. The summed E-state index contributed by atoms with van der Waals surface area (Å²) in [5.41, 5.74) is 1.80. The van der Waals surface area contributed by atoms with E-state index < -0.39 is 31.1 Å². The van der Waals surface area contributed by atoms with E-state index in [1.807, 2.05) is 6.07 Å². The molecule has 0 unspecified atom stereocenters. The summed E-state index contributed by atoms with van der Waals surface area (Å²) in [6.07, 6.45) is -1.43. The second kappa shape index (κ2) is 7.78. The van der Waals surface area contributed by atoms with Gasteiger partial charge in [-0.05, 0) is 17.7 Å². The molecule has 1 aliphatic rings. The molecule has 0 aliphatic carbocycles. The van der Waals surface area contributed by atoms with Crippen molar-refractivity contribution in [2.24, 2.45) is 0 Å². The van der Waals surface area contributed by atoms with Crippen molar-refractivity contribution in [3.63, 3.8) is 0 Å². The quantitative estimate of drug-likeness (QED) is 0.482. The molecule has 4 rings (SSSR count). The molecule has 148 valence electrons. The number of benzene rings is 1. The summed E-state index contributed by atoms with van der Waals surface area (Å²) in [6, 6.07) is 5.32. The first kappa shape index (κ1) is 19.3. The van der Waals surface area contributed by atoms with Crippen molar-refractivity contribution in [1.82, 2.24) is 19.5 Å². The van der Waals surface area contributed by atoms with Gasteiger partial charge in [-0.2, -0.15) is 0 Å². The summed E-state index contributed by atoms with van der Waals surface area (Å²) < 4.78 is 7.05. The van der Waals surface area contributed by atoms with Crippen LogP contribution in [0.4, 0.5) is 5.82 Å². The van der Waals surface area contributed by atoms with Crippen LogP contribution >= 0.6 is 23.2 Å². The summed E-state index contributed by atoms with van der Waals surface area (Å²) in [5.74, 6) is 0.488. The van der Waals surface area contributed by atoms with Crippen LogP contribution in [0.2, 0.25) is 10.0 Å². The SMILES string of the molecule is OC[C@H]1O[C@@H](n2cnc3c(NCc4ccc(Cl)c(Cl)c4)ncnc32)[C@H](O)[C@@H]1O. The van der Waals surface area contributed by atoms with Gasteiger partial charge in [0, 0.05) is 6.54 Å². The van der Waals surface area contributed by atoms with Crippen LogP contribution in [0.25, 0.3) is 11.2 Å². The average molecular weight is 426 g/mol. The van der Waals surface area contributed by atoms with E-state index in [0.29, 0.717) is 33.6 Å². The van der Waals surface area contributed by atoms with Gasteiger partial charge < -0.3 is 25.4 Å². The molecule has 3 aromatic rings. The van der Waals surface area contributed by atoms with Crippen LogP contribution in [0, 0.1) is 0 Å². The van der Waals surface area contributed by atoms with Crippen LogP contribution < -0.4 is 5.32 Å². The Balaban J connectivity index is 1.59. The first-order valence-corrected chi connectivity index (χ1v) is 9.23. The summed E-state index contributed by atoms with van der Waals surface area (Å²) in [4.78, 5) is 12.7. The highest BCUT2D eigenvalue weighted by atomic mass is 35.5. The molecule has 2 aromatic heterocycles. The van der Waals surface area contributed by atoms with Gasteiger partial charge in [0.05, 0.1) is 23.0 Å². The predicted molar refractivity (Wildman–Crippen MR) is 102 cm³/mol. The monoisotopic (exact) mass is 425 g/mol. The van der Waals surface area contributed by atoms with Crippen molar-refractivity contribution >= 4 is 40.2 Å². The second-order valence-electron chi connectivity index (χ2n) is 6.38. The Kier molecular flexibility index (Phi) is 5.37. The number of aliphatic hydroxyl groups is 3. The Morgan fingerprint density at radius 1 is 1.11 bits per heavy atom. The van der Waals surface area contributed by atoms with Crippen LogP contribution in [0.5, 0.6) is 0 Å². The van der Waals surface area contributed by atoms with E-state index in [4.69, 9.17) is 27.9 Å². The second-order valence-corrected chi connectivity index (χ2v) is 7.19. The highest BCUT2D eigenvalue weighted by molar-refractivity contribution is 6.42. The van der Waals surface area contributed by atoms with Crippen molar-refractivity contribution in [3.8, 4) is 0 Å². The number of aliphatic hydroxyl groups excluding tert-OH is 3. The molecule has 1 saturated heterocycles. The molecule has 1 aliphatic heterocycles. The lowest BCUT2D eigenvalue weighted by Crippen LogP contribution is -2.33. The number of hydrogen-bond acceptors (Lipinski definition) is 8. The Bertz CT molecular complexity index is 1000. The lowest BCUT2D eigenvalue weighted by Gasteiger charge is -2.16. The molecule has 4 atom stereocenters. The van der Waals surface area contributed by atoms with Gasteiger partial charge in [-0.15, -0.1) is 0 Å². The Morgan fingerprint density at radius 3 is 2.64 bits per heavy atom. The number of rotatable bonds is 5. The smallest absolute Gasteiger partial charge is 0.167 e. The molecule has 0 spiro atoms. The number of nitrogens with one attached hydrogen (secondary N) is 1. The molecular weight excluding hydrogens is 409 g/mol. The molecule has 0 saturated carbocycles. The van der Waals surface area contributed by atoms with Gasteiger partial charge in [0.2, 0.25) is 0 Å². The van der Waals surface area contributed by atoms with Crippen LogP contribution in [0.1, 0.15) is 11.8 Å². The third-order valence-corrected chi connectivity index (χ3v) is 5.33. The van der Waals surface area contributed by atoms with Crippen molar-refractivity contribution < 1.29 is 20.1 Å². The van der Waals surface area contributed by atoms with Crippen LogP contribution in [0.15, 0.2) is 30.9 Å². The van der Waals surface area contributed by atoms with Gasteiger partial charge in [-0.1, -0.05) is 29.3 Å². The number of halogens is 2. The number of ether oxygens (including phenoxy) is 1. The fraction of sp³-hybridized carbons (Fsp3) is 0.353. The van der Waals surface area contributed by atoms with Gasteiger partial charge in [-0.3, -0.25) is 4.57 Å². The number of fused-ring (bicyclic) bond motifs is 1. The van der Waals surface area contributed by atoms with E-state index in [1.54, 1.807) is 12.1 Å². The van der Waals surface area contributed by atoms with E-state index in [0.717, 1.165) is 5.56 Å². The summed E-state index contributed by atoms with van der Waals surface area (Å²) in [7, 11) is 0. The standard InChI is InChI=1S/C17H17Cl2N5O4/c18-9-2-1-8(3-10(9)19)4-20-15-12-16(22-6-21-15)24(7-23-12)17-14(27)13(26)11(5-25)28-17/h1-3,6-7,11,13-14,17,25-27H,4-5H2,(H,20,21,22)/t11-,13-,14-,17-/m1/s1. The highest BCUT2D eigenvalue weighted by Crippen LogP contribution is 2.32.